The summed E-state index contributed by atoms with van der Waals surface area (Å²) >= 11 is 0. The summed E-state index contributed by atoms with van der Waals surface area (Å²) in [6.45, 7) is 2.03. The van der Waals surface area contributed by atoms with Crippen LogP contribution in [-0.4, -0.2) is 18.6 Å². The number of hydrazine groups is 1. The molecule has 0 saturated carbocycles. The Morgan fingerprint density at radius 1 is 1.50 bits per heavy atom. The summed E-state index contributed by atoms with van der Waals surface area (Å²) in [4.78, 5) is 11.0. The van der Waals surface area contributed by atoms with Crippen LogP contribution in [0.4, 0.5) is 0 Å². The summed E-state index contributed by atoms with van der Waals surface area (Å²) < 4.78 is 5.24. The largest absolute Gasteiger partial charge is 0.365 e. The van der Waals surface area contributed by atoms with E-state index in [1.807, 2.05) is 47.9 Å². The van der Waals surface area contributed by atoms with Crippen LogP contribution in [0.25, 0.3) is 6.08 Å². The van der Waals surface area contributed by atoms with Gasteiger partial charge in [-0.3, -0.25) is 10.2 Å². The quantitative estimate of drug-likeness (QED) is 0.443. The number of hydrogen-bond donors (Lipinski definition) is 2. The van der Waals surface area contributed by atoms with Crippen molar-refractivity contribution in [3.05, 3.63) is 42.0 Å². The lowest BCUT2D eigenvalue weighted by molar-refractivity contribution is -0.131. The van der Waals surface area contributed by atoms with Gasteiger partial charge in [0.25, 0.3) is 5.91 Å². The Kier molecular flexibility index (Phi) is 5.25. The summed E-state index contributed by atoms with van der Waals surface area (Å²) in [5.41, 5.74) is 3.13. The van der Waals surface area contributed by atoms with E-state index in [1.54, 1.807) is 6.92 Å². The Bertz CT molecular complexity index is 349. The van der Waals surface area contributed by atoms with Crippen LogP contribution in [0, 0.1) is 0 Å². The minimum Gasteiger partial charge on any atom is -0.365 e. The maximum absolute atomic E-state index is 11.0. The zero-order valence-electron chi connectivity index (χ0n) is 9.22. The summed E-state index contributed by atoms with van der Waals surface area (Å²) in [5.74, 6) is 4.64. The zero-order chi connectivity index (χ0) is 11.8. The second-order valence-corrected chi connectivity index (χ2v) is 3.30. The fourth-order valence-electron chi connectivity index (χ4n) is 1.14. The zero-order valence-corrected chi connectivity index (χ0v) is 9.22. The van der Waals surface area contributed by atoms with E-state index >= 15 is 0 Å². The van der Waals surface area contributed by atoms with Gasteiger partial charge in [0, 0.05) is 0 Å². The van der Waals surface area contributed by atoms with E-state index in [1.165, 1.54) is 0 Å². The fraction of sp³-hybridized carbons (Fsp3) is 0.250. The van der Waals surface area contributed by atoms with Crippen LogP contribution < -0.4 is 11.3 Å². The molecule has 1 rings (SSSR count). The lowest BCUT2D eigenvalue weighted by Crippen LogP contribution is -2.38. The van der Waals surface area contributed by atoms with Crippen molar-refractivity contribution in [2.75, 3.05) is 6.61 Å². The predicted octanol–water partition coefficient (Wildman–Crippen LogP) is 1.09. The van der Waals surface area contributed by atoms with Crippen molar-refractivity contribution in [1.82, 2.24) is 5.43 Å². The van der Waals surface area contributed by atoms with Gasteiger partial charge in [0.2, 0.25) is 0 Å². The molecule has 0 spiro atoms. The van der Waals surface area contributed by atoms with Gasteiger partial charge in [-0.05, 0) is 12.5 Å². The molecule has 1 aromatic carbocycles. The highest BCUT2D eigenvalue weighted by atomic mass is 16.5. The molecule has 0 saturated heterocycles. The van der Waals surface area contributed by atoms with Crippen LogP contribution in [0.3, 0.4) is 0 Å². The smallest absolute Gasteiger partial charge is 0.262 e. The lowest BCUT2D eigenvalue weighted by atomic mass is 10.2. The first-order valence-corrected chi connectivity index (χ1v) is 5.07. The number of nitrogens with two attached hydrogens (primary N) is 1. The number of rotatable bonds is 5. The second kappa shape index (κ2) is 6.76. The maximum Gasteiger partial charge on any atom is 0.262 e. The van der Waals surface area contributed by atoms with Crippen molar-refractivity contribution < 1.29 is 9.53 Å². The number of amides is 1. The lowest BCUT2D eigenvalue weighted by Gasteiger charge is -2.08. The van der Waals surface area contributed by atoms with Crippen LogP contribution in [0.1, 0.15) is 12.5 Å². The van der Waals surface area contributed by atoms with E-state index in [4.69, 9.17) is 10.6 Å². The van der Waals surface area contributed by atoms with Gasteiger partial charge in [0.1, 0.15) is 6.10 Å². The summed E-state index contributed by atoms with van der Waals surface area (Å²) in [7, 11) is 0. The maximum atomic E-state index is 11.0. The molecular formula is C12H16N2O2. The molecule has 0 bridgehead atoms. The van der Waals surface area contributed by atoms with Crippen molar-refractivity contribution >= 4 is 12.0 Å². The van der Waals surface area contributed by atoms with Crippen LogP contribution in [-0.2, 0) is 9.53 Å². The predicted molar refractivity (Wildman–Crippen MR) is 63.2 cm³/mol. The number of carbonyl (C=O) groups excluding carboxylic acids is 1. The second-order valence-electron chi connectivity index (χ2n) is 3.30. The Morgan fingerprint density at radius 2 is 2.19 bits per heavy atom. The van der Waals surface area contributed by atoms with Crippen LogP contribution in [0.5, 0.6) is 0 Å². The van der Waals surface area contributed by atoms with E-state index in [0.29, 0.717) is 6.61 Å². The summed E-state index contributed by atoms with van der Waals surface area (Å²) in [6, 6.07) is 9.87. The molecule has 0 aliphatic rings. The molecular weight excluding hydrogens is 204 g/mol. The van der Waals surface area contributed by atoms with Gasteiger partial charge >= 0.3 is 0 Å². The van der Waals surface area contributed by atoms with Crippen molar-refractivity contribution in [1.29, 1.82) is 0 Å². The molecule has 1 aromatic rings. The Labute approximate surface area is 95.1 Å². The normalized spacial score (nSPS) is 12.6. The molecule has 86 valence electrons. The van der Waals surface area contributed by atoms with Gasteiger partial charge in [-0.25, -0.2) is 5.84 Å². The van der Waals surface area contributed by atoms with Gasteiger partial charge in [-0.1, -0.05) is 42.5 Å². The van der Waals surface area contributed by atoms with Crippen LogP contribution >= 0.6 is 0 Å². The highest BCUT2D eigenvalue weighted by Crippen LogP contribution is 2.01. The number of benzene rings is 1. The average molecular weight is 220 g/mol. The van der Waals surface area contributed by atoms with Crippen molar-refractivity contribution in [2.45, 2.75) is 13.0 Å². The van der Waals surface area contributed by atoms with Crippen molar-refractivity contribution in [3.8, 4) is 0 Å². The molecule has 4 heteroatoms. The molecule has 0 radical (unpaired) electrons. The van der Waals surface area contributed by atoms with Crippen molar-refractivity contribution in [2.24, 2.45) is 5.84 Å². The van der Waals surface area contributed by atoms with Gasteiger partial charge in [-0.15, -0.1) is 0 Å². The van der Waals surface area contributed by atoms with E-state index in [2.05, 4.69) is 0 Å². The third-order valence-corrected chi connectivity index (χ3v) is 2.06. The molecule has 16 heavy (non-hydrogen) atoms. The molecule has 3 N–H and O–H groups in total. The van der Waals surface area contributed by atoms with Crippen molar-refractivity contribution in [3.63, 3.8) is 0 Å². The Balaban J connectivity index is 2.31. The Hall–Kier alpha value is -1.65. The van der Waals surface area contributed by atoms with Gasteiger partial charge < -0.3 is 4.74 Å². The summed E-state index contributed by atoms with van der Waals surface area (Å²) in [6.07, 6.45) is 3.26. The number of hydrogen-bond acceptors (Lipinski definition) is 3. The van der Waals surface area contributed by atoms with E-state index in [-0.39, 0.29) is 5.91 Å². The highest BCUT2D eigenvalue weighted by Gasteiger charge is 2.09. The SMILES string of the molecule is CC(OCC=Cc1ccccc1)C(=O)NN. The third kappa shape index (κ3) is 4.25. The van der Waals surface area contributed by atoms with Gasteiger partial charge in [0.15, 0.2) is 0 Å². The number of nitrogens with one attached hydrogen (secondary N) is 1. The molecule has 0 aliphatic carbocycles. The molecule has 4 nitrogen and oxygen atoms in total. The highest BCUT2D eigenvalue weighted by molar-refractivity contribution is 5.79. The molecule has 1 unspecified atom stereocenters. The first-order valence-electron chi connectivity index (χ1n) is 5.07. The summed E-state index contributed by atoms with van der Waals surface area (Å²) in [5, 5.41) is 0. The minimum atomic E-state index is -0.537. The molecule has 0 aromatic heterocycles. The van der Waals surface area contributed by atoms with E-state index in [0.717, 1.165) is 5.56 Å². The fourth-order valence-corrected chi connectivity index (χ4v) is 1.14. The van der Waals surface area contributed by atoms with E-state index < -0.39 is 6.10 Å². The van der Waals surface area contributed by atoms with Crippen LogP contribution in [0.15, 0.2) is 36.4 Å². The van der Waals surface area contributed by atoms with Gasteiger partial charge in [-0.2, -0.15) is 0 Å². The van der Waals surface area contributed by atoms with Crippen LogP contribution in [0.2, 0.25) is 0 Å². The minimum absolute atomic E-state index is 0.326. The first-order chi connectivity index (χ1) is 7.74. The number of carbonyl (C=O) groups is 1. The number of ether oxygens (including phenoxy) is 1. The Morgan fingerprint density at radius 3 is 2.81 bits per heavy atom. The molecule has 1 amide bonds. The standard InChI is InChI=1S/C12H16N2O2/c1-10(12(15)14-13)16-9-5-8-11-6-3-2-4-7-11/h2-8,10H,9,13H2,1H3,(H,14,15). The molecule has 0 heterocycles. The first kappa shape index (κ1) is 12.4. The third-order valence-electron chi connectivity index (χ3n) is 2.06. The van der Waals surface area contributed by atoms with E-state index in [9.17, 15) is 4.79 Å². The topological polar surface area (TPSA) is 64.3 Å². The average Bonchev–Trinajstić information content (AvgIpc) is 2.34. The molecule has 0 fully saturated rings. The van der Waals surface area contributed by atoms with Gasteiger partial charge in [0.05, 0.1) is 6.61 Å². The molecule has 1 atom stereocenters. The monoisotopic (exact) mass is 220 g/mol. The molecule has 0 aliphatic heterocycles.